The van der Waals surface area contributed by atoms with Crippen LogP contribution in [-0.2, 0) is 15.2 Å². The maximum atomic E-state index is 12.8. The Morgan fingerprint density at radius 2 is 1.87 bits per heavy atom. The first-order valence-corrected chi connectivity index (χ1v) is 8.30. The number of carbonyl (C=O) groups excluding carboxylic acids is 2. The first-order chi connectivity index (χ1) is 10.7. The topological polar surface area (TPSA) is 57.6 Å². The second kappa shape index (κ2) is 5.17. The fourth-order valence-corrected chi connectivity index (χ4v) is 4.12. The Labute approximate surface area is 137 Å². The number of amides is 1. The maximum Gasteiger partial charge on any atom is 0.264 e. The Hall–Kier alpha value is -1.68. The average molecular weight is 315 g/mol. The van der Waals surface area contributed by atoms with E-state index in [1.54, 1.807) is 13.1 Å². The molecule has 1 heterocycles. The molecule has 1 aromatic rings. The van der Waals surface area contributed by atoms with Crippen molar-refractivity contribution in [2.75, 3.05) is 11.9 Å². The van der Waals surface area contributed by atoms with E-state index in [1.165, 1.54) is 4.90 Å². The van der Waals surface area contributed by atoms with E-state index in [9.17, 15) is 14.7 Å². The molecule has 1 aliphatic heterocycles. The normalized spacial score (nSPS) is 31.4. The number of aliphatic hydroxyl groups is 1. The van der Waals surface area contributed by atoms with Crippen LogP contribution in [0.5, 0.6) is 0 Å². The number of anilines is 1. The van der Waals surface area contributed by atoms with E-state index < -0.39 is 11.5 Å². The summed E-state index contributed by atoms with van der Waals surface area (Å²) in [5, 5.41) is 11.3. The molecule has 23 heavy (non-hydrogen) atoms. The van der Waals surface area contributed by atoms with Gasteiger partial charge in [0.1, 0.15) is 5.78 Å². The minimum atomic E-state index is -1.72. The molecule has 4 heteroatoms. The molecule has 0 bridgehead atoms. The lowest BCUT2D eigenvalue weighted by molar-refractivity contribution is -0.154. The third-order valence-electron chi connectivity index (χ3n) is 5.68. The Balaban J connectivity index is 2.05. The number of likely N-dealkylation sites (N-methyl/N-ethyl adjacent to an activating group) is 1. The number of rotatable bonds is 1. The number of fused-ring (bicyclic) bond motifs is 1. The van der Waals surface area contributed by atoms with Crippen molar-refractivity contribution in [3.05, 3.63) is 29.8 Å². The summed E-state index contributed by atoms with van der Waals surface area (Å²) in [5.41, 5.74) is -0.388. The van der Waals surface area contributed by atoms with Gasteiger partial charge >= 0.3 is 0 Å². The van der Waals surface area contributed by atoms with Gasteiger partial charge < -0.3 is 10.0 Å². The Kier molecular flexibility index (Phi) is 3.64. The number of hydrogen-bond donors (Lipinski definition) is 1. The minimum Gasteiger partial charge on any atom is -0.375 e. The van der Waals surface area contributed by atoms with Crippen LogP contribution < -0.4 is 4.90 Å². The molecule has 0 saturated heterocycles. The monoisotopic (exact) mass is 315 g/mol. The summed E-state index contributed by atoms with van der Waals surface area (Å²) >= 11 is 0. The molecular weight excluding hydrogens is 290 g/mol. The number of para-hydroxylation sites is 1. The Morgan fingerprint density at radius 1 is 1.22 bits per heavy atom. The van der Waals surface area contributed by atoms with Crippen LogP contribution in [0.4, 0.5) is 5.69 Å². The van der Waals surface area contributed by atoms with Crippen LogP contribution >= 0.6 is 0 Å². The molecule has 4 nitrogen and oxygen atoms in total. The number of Topliss-reactive ketones (excluding diaryl/α,β-unsaturated/α-hetero) is 1. The smallest absolute Gasteiger partial charge is 0.264 e. The van der Waals surface area contributed by atoms with E-state index in [0.717, 1.165) is 6.42 Å². The molecule has 0 unspecified atom stereocenters. The van der Waals surface area contributed by atoms with Gasteiger partial charge in [0.25, 0.3) is 5.91 Å². The molecule has 1 aromatic carbocycles. The first kappa shape index (κ1) is 16.2. The third-order valence-corrected chi connectivity index (χ3v) is 5.68. The van der Waals surface area contributed by atoms with E-state index in [2.05, 4.69) is 20.8 Å². The molecule has 0 radical (unpaired) electrons. The van der Waals surface area contributed by atoms with Crippen LogP contribution in [0.15, 0.2) is 24.3 Å². The van der Waals surface area contributed by atoms with Crippen molar-refractivity contribution in [1.82, 2.24) is 0 Å². The fraction of sp³-hybridized carbons (Fsp3) is 0.579. The zero-order chi connectivity index (χ0) is 17.0. The molecule has 1 fully saturated rings. The van der Waals surface area contributed by atoms with Gasteiger partial charge in [0.15, 0.2) is 5.60 Å². The lowest BCUT2D eigenvalue weighted by atomic mass is 9.63. The van der Waals surface area contributed by atoms with Gasteiger partial charge in [-0.05, 0) is 30.2 Å². The highest BCUT2D eigenvalue weighted by Crippen LogP contribution is 2.50. The highest BCUT2D eigenvalue weighted by Gasteiger charge is 2.57. The first-order valence-electron chi connectivity index (χ1n) is 8.30. The van der Waals surface area contributed by atoms with E-state index in [1.807, 2.05) is 18.2 Å². The SMILES string of the molecule is CN1C(=O)[C@](O)([C@H]2C[C@H](C(C)(C)C)CCC2=O)c2ccccc21. The highest BCUT2D eigenvalue weighted by molar-refractivity contribution is 6.09. The van der Waals surface area contributed by atoms with Gasteiger partial charge in [-0.25, -0.2) is 0 Å². The minimum absolute atomic E-state index is 0.00598. The molecule has 3 rings (SSSR count). The molecule has 124 valence electrons. The molecule has 0 spiro atoms. The number of nitrogens with zero attached hydrogens (tertiary/aromatic N) is 1. The van der Waals surface area contributed by atoms with E-state index in [0.29, 0.717) is 30.0 Å². The van der Waals surface area contributed by atoms with E-state index in [4.69, 9.17) is 0 Å². The highest BCUT2D eigenvalue weighted by atomic mass is 16.3. The molecule has 1 aliphatic carbocycles. The van der Waals surface area contributed by atoms with Gasteiger partial charge in [0.05, 0.1) is 11.6 Å². The summed E-state index contributed by atoms with van der Waals surface area (Å²) in [7, 11) is 1.66. The van der Waals surface area contributed by atoms with Crippen molar-refractivity contribution in [1.29, 1.82) is 0 Å². The summed E-state index contributed by atoms with van der Waals surface area (Å²) < 4.78 is 0. The predicted octanol–water partition coefficient (Wildman–Crippen LogP) is 2.88. The number of benzene rings is 1. The lowest BCUT2D eigenvalue weighted by Crippen LogP contribution is -2.50. The van der Waals surface area contributed by atoms with Crippen molar-refractivity contribution in [3.8, 4) is 0 Å². The van der Waals surface area contributed by atoms with Crippen molar-refractivity contribution in [3.63, 3.8) is 0 Å². The summed E-state index contributed by atoms with van der Waals surface area (Å²) in [6, 6.07) is 7.24. The van der Waals surface area contributed by atoms with Gasteiger partial charge in [0, 0.05) is 19.0 Å². The van der Waals surface area contributed by atoms with Crippen LogP contribution in [0.3, 0.4) is 0 Å². The van der Waals surface area contributed by atoms with Gasteiger partial charge in [-0.1, -0.05) is 39.0 Å². The fourth-order valence-electron chi connectivity index (χ4n) is 4.12. The van der Waals surface area contributed by atoms with Gasteiger partial charge in [-0.3, -0.25) is 9.59 Å². The maximum absolute atomic E-state index is 12.8. The number of carbonyl (C=O) groups is 2. The molecule has 2 aliphatic rings. The Morgan fingerprint density at radius 3 is 2.52 bits per heavy atom. The summed E-state index contributed by atoms with van der Waals surface area (Å²) in [5.74, 6) is -0.711. The van der Waals surface area contributed by atoms with Gasteiger partial charge in [-0.15, -0.1) is 0 Å². The summed E-state index contributed by atoms with van der Waals surface area (Å²) in [4.78, 5) is 26.9. The summed E-state index contributed by atoms with van der Waals surface area (Å²) in [6.45, 7) is 6.47. The van der Waals surface area contributed by atoms with Crippen LogP contribution in [0.25, 0.3) is 0 Å². The molecular formula is C19H25NO3. The van der Waals surface area contributed by atoms with E-state index >= 15 is 0 Å². The Bertz CT molecular complexity index is 661. The molecule has 1 amide bonds. The summed E-state index contributed by atoms with van der Waals surface area (Å²) in [6.07, 6.45) is 1.83. The van der Waals surface area contributed by atoms with Crippen LogP contribution in [0.2, 0.25) is 0 Å². The number of hydrogen-bond acceptors (Lipinski definition) is 3. The predicted molar refractivity (Wildman–Crippen MR) is 89.0 cm³/mol. The van der Waals surface area contributed by atoms with Crippen molar-refractivity contribution >= 4 is 17.4 Å². The van der Waals surface area contributed by atoms with Crippen molar-refractivity contribution in [2.45, 2.75) is 45.6 Å². The van der Waals surface area contributed by atoms with Crippen LogP contribution in [0, 0.1) is 17.3 Å². The zero-order valence-corrected chi connectivity index (χ0v) is 14.3. The van der Waals surface area contributed by atoms with Crippen molar-refractivity contribution in [2.24, 2.45) is 17.3 Å². The number of ketones is 1. The second-order valence-corrected chi connectivity index (χ2v) is 8.00. The standard InChI is InChI=1S/C19H25NO3/c1-18(2,3)12-9-10-16(21)14(11-12)19(23)13-7-5-6-8-15(13)20(4)17(19)22/h5-8,12,14,23H,9-11H2,1-4H3/t12-,14+,19-/m1/s1. The van der Waals surface area contributed by atoms with Crippen molar-refractivity contribution < 1.29 is 14.7 Å². The largest absolute Gasteiger partial charge is 0.375 e. The average Bonchev–Trinajstić information content (AvgIpc) is 2.70. The quantitative estimate of drug-likeness (QED) is 0.867. The van der Waals surface area contributed by atoms with Crippen LogP contribution in [-0.4, -0.2) is 23.8 Å². The van der Waals surface area contributed by atoms with Gasteiger partial charge in [-0.2, -0.15) is 0 Å². The zero-order valence-electron chi connectivity index (χ0n) is 14.3. The molecule has 1 N–H and O–H groups in total. The van der Waals surface area contributed by atoms with Gasteiger partial charge in [0.2, 0.25) is 0 Å². The third kappa shape index (κ3) is 2.31. The second-order valence-electron chi connectivity index (χ2n) is 8.00. The molecule has 0 aromatic heterocycles. The van der Waals surface area contributed by atoms with Crippen LogP contribution in [0.1, 0.15) is 45.6 Å². The molecule has 1 saturated carbocycles. The molecule has 3 atom stereocenters. The van der Waals surface area contributed by atoms with E-state index in [-0.39, 0.29) is 17.1 Å². The lowest BCUT2D eigenvalue weighted by Gasteiger charge is -2.41.